The van der Waals surface area contributed by atoms with Gasteiger partial charge in [0.05, 0.1) is 16.6 Å². The highest BCUT2D eigenvalue weighted by atomic mass is 35.5. The van der Waals surface area contributed by atoms with Gasteiger partial charge in [-0.15, -0.1) is 23.7 Å². The molecule has 1 amide bonds. The number of amides is 1. The fourth-order valence-corrected chi connectivity index (χ4v) is 3.11. The lowest BCUT2D eigenvalue weighted by Crippen LogP contribution is -2.28. The predicted octanol–water partition coefficient (Wildman–Crippen LogP) is 3.21. The Labute approximate surface area is 139 Å². The van der Waals surface area contributed by atoms with Crippen LogP contribution in [-0.4, -0.2) is 17.4 Å². The molecular weight excluding hydrogens is 325 g/mol. The molecule has 0 saturated heterocycles. The molecule has 0 aliphatic carbocycles. The number of rotatable bonds is 5. The minimum absolute atomic E-state index is 0. The predicted molar refractivity (Wildman–Crippen MR) is 89.7 cm³/mol. The van der Waals surface area contributed by atoms with E-state index in [9.17, 15) is 9.18 Å². The molecule has 2 aromatic rings. The van der Waals surface area contributed by atoms with E-state index in [0.717, 1.165) is 21.1 Å². The van der Waals surface area contributed by atoms with Crippen LogP contribution < -0.4 is 11.1 Å². The molecule has 2 rings (SSSR count). The zero-order valence-corrected chi connectivity index (χ0v) is 14.1. The Balaban J connectivity index is 0.00000242. The second kappa shape index (κ2) is 8.22. The van der Waals surface area contributed by atoms with Crippen molar-refractivity contribution in [2.75, 3.05) is 6.54 Å². The summed E-state index contributed by atoms with van der Waals surface area (Å²) in [5.41, 5.74) is 7.11. The van der Waals surface area contributed by atoms with Crippen molar-refractivity contribution in [2.45, 2.75) is 26.3 Å². The van der Waals surface area contributed by atoms with E-state index in [4.69, 9.17) is 5.73 Å². The monoisotopic (exact) mass is 343 g/mol. The largest absolute Gasteiger partial charge is 0.349 e. The number of carbonyl (C=O) groups is 1. The number of hydrogen-bond acceptors (Lipinski definition) is 4. The third-order valence-corrected chi connectivity index (χ3v) is 4.46. The first-order valence-corrected chi connectivity index (χ1v) is 7.55. The summed E-state index contributed by atoms with van der Waals surface area (Å²) in [6.45, 7) is 4.16. The van der Waals surface area contributed by atoms with E-state index in [-0.39, 0.29) is 30.2 Å². The molecule has 0 fully saturated rings. The van der Waals surface area contributed by atoms with Gasteiger partial charge in [0, 0.05) is 18.5 Å². The molecule has 1 aromatic heterocycles. The Kier molecular flexibility index (Phi) is 6.93. The van der Waals surface area contributed by atoms with Crippen molar-refractivity contribution >= 4 is 29.7 Å². The second-order valence-electron chi connectivity index (χ2n) is 4.80. The first kappa shape index (κ1) is 18.5. The van der Waals surface area contributed by atoms with Crippen LogP contribution in [0.2, 0.25) is 0 Å². The number of thiazole rings is 1. The van der Waals surface area contributed by atoms with Crippen LogP contribution in [0.4, 0.5) is 4.39 Å². The second-order valence-corrected chi connectivity index (χ2v) is 5.83. The highest BCUT2D eigenvalue weighted by molar-refractivity contribution is 7.15. The average Bonchev–Trinajstić information content (AvgIpc) is 2.82. The topological polar surface area (TPSA) is 68.0 Å². The maximum atomic E-state index is 13.0. The van der Waals surface area contributed by atoms with Crippen LogP contribution in [0.25, 0.3) is 10.6 Å². The molecular formula is C15H19ClFN3OS. The Bertz CT molecular complexity index is 630. The Morgan fingerprint density at radius 1 is 1.41 bits per heavy atom. The van der Waals surface area contributed by atoms with Gasteiger partial charge >= 0.3 is 0 Å². The lowest BCUT2D eigenvalue weighted by molar-refractivity contribution is -0.121. The molecule has 3 N–H and O–H groups in total. The molecule has 0 aliphatic heterocycles. The van der Waals surface area contributed by atoms with E-state index in [0.29, 0.717) is 13.0 Å². The summed E-state index contributed by atoms with van der Waals surface area (Å²) in [4.78, 5) is 17.1. The van der Waals surface area contributed by atoms with Crippen molar-refractivity contribution in [3.05, 3.63) is 40.7 Å². The van der Waals surface area contributed by atoms with E-state index in [1.165, 1.54) is 23.5 Å². The summed E-state index contributed by atoms with van der Waals surface area (Å²) in [6, 6.07) is 6.12. The lowest BCUT2D eigenvalue weighted by atomic mass is 10.2. The molecule has 4 nitrogen and oxygen atoms in total. The number of benzene rings is 1. The van der Waals surface area contributed by atoms with E-state index < -0.39 is 0 Å². The number of halogens is 2. The normalized spacial score (nSPS) is 11.6. The first-order valence-electron chi connectivity index (χ1n) is 6.74. The third kappa shape index (κ3) is 4.50. The number of aromatic nitrogens is 1. The zero-order chi connectivity index (χ0) is 15.4. The molecule has 0 radical (unpaired) electrons. The zero-order valence-electron chi connectivity index (χ0n) is 12.4. The van der Waals surface area contributed by atoms with Gasteiger partial charge in [0.2, 0.25) is 5.91 Å². The number of aryl methyl sites for hydroxylation is 1. The van der Waals surface area contributed by atoms with Gasteiger partial charge in [0.15, 0.2) is 0 Å². The van der Waals surface area contributed by atoms with E-state index in [2.05, 4.69) is 10.3 Å². The molecule has 1 heterocycles. The van der Waals surface area contributed by atoms with Crippen LogP contribution in [0.3, 0.4) is 0 Å². The van der Waals surface area contributed by atoms with Crippen molar-refractivity contribution in [1.29, 1.82) is 0 Å². The number of nitrogens with one attached hydrogen (secondary N) is 1. The average molecular weight is 344 g/mol. The van der Waals surface area contributed by atoms with Crippen molar-refractivity contribution in [3.63, 3.8) is 0 Å². The van der Waals surface area contributed by atoms with Crippen molar-refractivity contribution < 1.29 is 9.18 Å². The fourth-order valence-electron chi connectivity index (χ4n) is 2.04. The number of carbonyl (C=O) groups excluding carboxylic acids is 1. The van der Waals surface area contributed by atoms with Crippen LogP contribution in [0.15, 0.2) is 24.3 Å². The van der Waals surface area contributed by atoms with E-state index >= 15 is 0 Å². The van der Waals surface area contributed by atoms with Gasteiger partial charge in [-0.05, 0) is 38.1 Å². The quantitative estimate of drug-likeness (QED) is 0.876. The van der Waals surface area contributed by atoms with E-state index in [1.807, 2.05) is 13.8 Å². The van der Waals surface area contributed by atoms with Gasteiger partial charge in [-0.2, -0.15) is 0 Å². The molecule has 1 atom stereocenters. The van der Waals surface area contributed by atoms with Crippen LogP contribution in [0.5, 0.6) is 0 Å². The smallest absolute Gasteiger partial charge is 0.221 e. The maximum absolute atomic E-state index is 13.0. The molecule has 22 heavy (non-hydrogen) atoms. The molecule has 1 aromatic carbocycles. The standard InChI is InChI=1S/C15H18FN3OS.ClH/c1-9(18-13(20)7-8-17)14-10(2)19-15(21-14)11-3-5-12(16)6-4-11;/h3-6,9H,7-8,17H2,1-2H3,(H,18,20);1H. The Morgan fingerprint density at radius 3 is 2.64 bits per heavy atom. The Hall–Kier alpha value is -1.50. The SMILES string of the molecule is Cc1nc(-c2ccc(F)cc2)sc1C(C)NC(=O)CCN.Cl. The minimum Gasteiger partial charge on any atom is -0.349 e. The summed E-state index contributed by atoms with van der Waals surface area (Å²) in [5.74, 6) is -0.337. The van der Waals surface area contributed by atoms with Gasteiger partial charge in [-0.1, -0.05) is 0 Å². The summed E-state index contributed by atoms with van der Waals surface area (Å²) in [6.07, 6.45) is 0.313. The van der Waals surface area contributed by atoms with Gasteiger partial charge < -0.3 is 11.1 Å². The minimum atomic E-state index is -0.269. The summed E-state index contributed by atoms with van der Waals surface area (Å²) in [5, 5.41) is 3.73. The Morgan fingerprint density at radius 2 is 2.05 bits per heavy atom. The highest BCUT2D eigenvalue weighted by Gasteiger charge is 2.16. The first-order chi connectivity index (χ1) is 10.0. The van der Waals surface area contributed by atoms with Crippen molar-refractivity contribution in [3.8, 4) is 10.6 Å². The van der Waals surface area contributed by atoms with Gasteiger partial charge in [0.1, 0.15) is 10.8 Å². The third-order valence-electron chi connectivity index (χ3n) is 3.07. The number of hydrogen-bond donors (Lipinski definition) is 2. The number of nitrogens with zero attached hydrogens (tertiary/aromatic N) is 1. The van der Waals surface area contributed by atoms with Crippen molar-refractivity contribution in [1.82, 2.24) is 10.3 Å². The molecule has 0 spiro atoms. The van der Waals surface area contributed by atoms with Crippen LogP contribution in [0.1, 0.15) is 30.0 Å². The highest BCUT2D eigenvalue weighted by Crippen LogP contribution is 2.31. The molecule has 0 bridgehead atoms. The van der Waals surface area contributed by atoms with Crippen LogP contribution >= 0.6 is 23.7 Å². The summed E-state index contributed by atoms with van der Waals surface area (Å²) in [7, 11) is 0. The fraction of sp³-hybridized carbons (Fsp3) is 0.333. The van der Waals surface area contributed by atoms with Crippen LogP contribution in [0, 0.1) is 12.7 Å². The molecule has 0 aliphatic rings. The molecule has 0 saturated carbocycles. The van der Waals surface area contributed by atoms with Crippen molar-refractivity contribution in [2.24, 2.45) is 5.73 Å². The van der Waals surface area contributed by atoms with Gasteiger partial charge in [-0.3, -0.25) is 4.79 Å². The van der Waals surface area contributed by atoms with Gasteiger partial charge in [-0.25, -0.2) is 9.37 Å². The van der Waals surface area contributed by atoms with E-state index in [1.54, 1.807) is 12.1 Å². The molecule has 120 valence electrons. The van der Waals surface area contributed by atoms with Gasteiger partial charge in [0.25, 0.3) is 0 Å². The summed E-state index contributed by atoms with van der Waals surface area (Å²) < 4.78 is 13.0. The number of nitrogens with two attached hydrogens (primary N) is 1. The summed E-state index contributed by atoms with van der Waals surface area (Å²) >= 11 is 1.51. The van der Waals surface area contributed by atoms with Crippen LogP contribution in [-0.2, 0) is 4.79 Å². The molecule has 7 heteroatoms. The maximum Gasteiger partial charge on any atom is 0.221 e. The lowest BCUT2D eigenvalue weighted by Gasteiger charge is -2.12. The molecule has 1 unspecified atom stereocenters.